The number of rotatable bonds is 8. The first kappa shape index (κ1) is 16.5. The molecule has 0 unspecified atom stereocenters. The predicted molar refractivity (Wildman–Crippen MR) is 75.0 cm³/mol. The van der Waals surface area contributed by atoms with Gasteiger partial charge in [0.25, 0.3) is 5.69 Å². The third kappa shape index (κ3) is 5.22. The normalized spacial score (nSPS) is 11.6. The van der Waals surface area contributed by atoms with E-state index in [1.165, 1.54) is 12.1 Å². The fraction of sp³-hybridized carbons (Fsp3) is 0.571. The van der Waals surface area contributed by atoms with Crippen molar-refractivity contribution in [3.05, 3.63) is 39.7 Å². The van der Waals surface area contributed by atoms with Crippen molar-refractivity contribution in [2.75, 3.05) is 20.3 Å². The van der Waals surface area contributed by atoms with Crippen molar-refractivity contribution < 1.29 is 14.1 Å². The van der Waals surface area contributed by atoms with E-state index in [4.69, 9.17) is 4.74 Å². The van der Waals surface area contributed by atoms with Gasteiger partial charge in [-0.2, -0.15) is 0 Å². The second kappa shape index (κ2) is 7.31. The first-order valence-electron chi connectivity index (χ1n) is 6.48. The summed E-state index contributed by atoms with van der Waals surface area (Å²) < 4.78 is 18.2. The molecule has 0 aromatic heterocycles. The topological polar surface area (TPSA) is 64.4 Å². The molecule has 0 radical (unpaired) electrons. The SMILES string of the molecule is COCCC(C)(C)CNCc1cc(F)ccc1[N+](=O)[O-]. The van der Waals surface area contributed by atoms with Gasteiger partial charge < -0.3 is 10.1 Å². The van der Waals surface area contributed by atoms with Crippen LogP contribution in [-0.4, -0.2) is 25.2 Å². The second-order valence-electron chi connectivity index (χ2n) is 5.54. The number of nitro benzene ring substituents is 1. The van der Waals surface area contributed by atoms with Crippen molar-refractivity contribution in [2.24, 2.45) is 5.41 Å². The Kier molecular flexibility index (Phi) is 6.04. The zero-order valence-corrected chi connectivity index (χ0v) is 12.1. The quantitative estimate of drug-likeness (QED) is 0.589. The zero-order chi connectivity index (χ0) is 15.2. The van der Waals surface area contributed by atoms with Crippen LogP contribution in [0, 0.1) is 21.3 Å². The van der Waals surface area contributed by atoms with E-state index in [2.05, 4.69) is 19.2 Å². The molecule has 6 heteroatoms. The molecule has 1 aromatic rings. The van der Waals surface area contributed by atoms with E-state index in [0.717, 1.165) is 12.5 Å². The number of hydrogen-bond acceptors (Lipinski definition) is 4. The third-order valence-corrected chi connectivity index (χ3v) is 3.14. The molecule has 0 spiro atoms. The van der Waals surface area contributed by atoms with E-state index < -0.39 is 10.7 Å². The second-order valence-corrected chi connectivity index (χ2v) is 5.54. The average molecular weight is 284 g/mol. The molecule has 5 nitrogen and oxygen atoms in total. The molecule has 0 aliphatic rings. The molecule has 0 atom stereocenters. The van der Waals surface area contributed by atoms with Gasteiger partial charge in [0.1, 0.15) is 5.82 Å². The number of benzene rings is 1. The van der Waals surface area contributed by atoms with Gasteiger partial charge in [0.2, 0.25) is 0 Å². The molecule has 112 valence electrons. The van der Waals surface area contributed by atoms with E-state index in [1.54, 1.807) is 7.11 Å². The number of halogens is 1. The van der Waals surface area contributed by atoms with Crippen LogP contribution in [0.5, 0.6) is 0 Å². The van der Waals surface area contributed by atoms with Crippen LogP contribution in [0.2, 0.25) is 0 Å². The van der Waals surface area contributed by atoms with E-state index in [9.17, 15) is 14.5 Å². The summed E-state index contributed by atoms with van der Waals surface area (Å²) in [7, 11) is 1.65. The molecule has 0 bridgehead atoms. The van der Waals surface area contributed by atoms with Gasteiger partial charge in [0.05, 0.1) is 4.92 Å². The van der Waals surface area contributed by atoms with Gasteiger partial charge in [0.15, 0.2) is 0 Å². The minimum Gasteiger partial charge on any atom is -0.385 e. The maximum absolute atomic E-state index is 13.2. The number of nitro groups is 1. The Morgan fingerprint density at radius 3 is 2.75 bits per heavy atom. The van der Waals surface area contributed by atoms with Crippen molar-refractivity contribution in [3.63, 3.8) is 0 Å². The van der Waals surface area contributed by atoms with Gasteiger partial charge in [0, 0.05) is 38.4 Å². The highest BCUT2D eigenvalue weighted by atomic mass is 19.1. The Bertz CT molecular complexity index is 464. The van der Waals surface area contributed by atoms with Crippen LogP contribution >= 0.6 is 0 Å². The lowest BCUT2D eigenvalue weighted by atomic mass is 9.89. The Hall–Kier alpha value is -1.53. The molecule has 0 fully saturated rings. The highest BCUT2D eigenvalue weighted by Crippen LogP contribution is 2.21. The number of hydrogen-bond donors (Lipinski definition) is 1. The summed E-state index contributed by atoms with van der Waals surface area (Å²) in [5, 5.41) is 14.0. The summed E-state index contributed by atoms with van der Waals surface area (Å²) in [5.74, 6) is -0.467. The fourth-order valence-electron chi connectivity index (χ4n) is 1.88. The standard InChI is InChI=1S/C14H21FN2O3/c1-14(2,6-7-20-3)10-16-9-11-8-12(15)4-5-13(11)17(18)19/h4-5,8,16H,6-7,9-10H2,1-3H3. The van der Waals surface area contributed by atoms with Crippen LogP contribution < -0.4 is 5.32 Å². The van der Waals surface area contributed by atoms with Crippen molar-refractivity contribution in [1.82, 2.24) is 5.32 Å². The average Bonchev–Trinajstić information content (AvgIpc) is 2.36. The fourth-order valence-corrected chi connectivity index (χ4v) is 1.88. The molecule has 0 amide bonds. The van der Waals surface area contributed by atoms with Crippen molar-refractivity contribution >= 4 is 5.69 Å². The van der Waals surface area contributed by atoms with Crippen LogP contribution in [0.4, 0.5) is 10.1 Å². The smallest absolute Gasteiger partial charge is 0.274 e. The van der Waals surface area contributed by atoms with Crippen molar-refractivity contribution in [2.45, 2.75) is 26.8 Å². The molecule has 1 rings (SSSR count). The molecule has 0 heterocycles. The largest absolute Gasteiger partial charge is 0.385 e. The number of ether oxygens (including phenoxy) is 1. The predicted octanol–water partition coefficient (Wildman–Crippen LogP) is 2.89. The summed E-state index contributed by atoms with van der Waals surface area (Å²) in [5.41, 5.74) is 0.309. The molecule has 0 saturated heterocycles. The van der Waals surface area contributed by atoms with Gasteiger partial charge in [-0.25, -0.2) is 4.39 Å². The molecule has 20 heavy (non-hydrogen) atoms. The van der Waals surface area contributed by atoms with Crippen LogP contribution in [-0.2, 0) is 11.3 Å². The van der Waals surface area contributed by atoms with Crippen LogP contribution in [0.3, 0.4) is 0 Å². The highest BCUT2D eigenvalue weighted by molar-refractivity contribution is 5.40. The summed E-state index contributed by atoms with van der Waals surface area (Å²) in [6, 6.07) is 3.50. The van der Waals surface area contributed by atoms with E-state index in [1.807, 2.05) is 0 Å². The van der Waals surface area contributed by atoms with Crippen LogP contribution in [0.25, 0.3) is 0 Å². The lowest BCUT2D eigenvalue weighted by Gasteiger charge is -2.24. The number of nitrogens with zero attached hydrogens (tertiary/aromatic N) is 1. The minimum absolute atomic E-state index is 0.0120. The van der Waals surface area contributed by atoms with Gasteiger partial charge in [-0.05, 0) is 24.0 Å². The summed E-state index contributed by atoms with van der Waals surface area (Å²) in [6.07, 6.45) is 0.877. The minimum atomic E-state index is -0.494. The molecule has 1 N–H and O–H groups in total. The Morgan fingerprint density at radius 2 is 2.15 bits per heavy atom. The summed E-state index contributed by atoms with van der Waals surface area (Å²) in [4.78, 5) is 10.4. The van der Waals surface area contributed by atoms with Gasteiger partial charge >= 0.3 is 0 Å². The molecular formula is C14H21FN2O3. The molecule has 0 aliphatic carbocycles. The Morgan fingerprint density at radius 1 is 1.45 bits per heavy atom. The van der Waals surface area contributed by atoms with E-state index >= 15 is 0 Å². The number of nitrogens with one attached hydrogen (secondary N) is 1. The zero-order valence-electron chi connectivity index (χ0n) is 12.1. The van der Waals surface area contributed by atoms with Gasteiger partial charge in [-0.3, -0.25) is 10.1 Å². The Balaban J connectivity index is 2.61. The van der Waals surface area contributed by atoms with E-state index in [-0.39, 0.29) is 17.6 Å². The lowest BCUT2D eigenvalue weighted by Crippen LogP contribution is -2.30. The number of methoxy groups -OCH3 is 1. The summed E-state index contributed by atoms with van der Waals surface area (Å²) >= 11 is 0. The maximum Gasteiger partial charge on any atom is 0.274 e. The molecule has 0 saturated carbocycles. The molecule has 1 aromatic carbocycles. The van der Waals surface area contributed by atoms with Gasteiger partial charge in [-0.1, -0.05) is 13.8 Å². The summed E-state index contributed by atoms with van der Waals surface area (Å²) in [6.45, 7) is 5.77. The third-order valence-electron chi connectivity index (χ3n) is 3.14. The first-order valence-corrected chi connectivity index (χ1v) is 6.48. The maximum atomic E-state index is 13.2. The monoisotopic (exact) mass is 284 g/mol. The first-order chi connectivity index (χ1) is 9.35. The molecular weight excluding hydrogens is 263 g/mol. The van der Waals surface area contributed by atoms with Crippen LogP contribution in [0.1, 0.15) is 25.8 Å². The van der Waals surface area contributed by atoms with Crippen molar-refractivity contribution in [1.29, 1.82) is 0 Å². The van der Waals surface area contributed by atoms with Gasteiger partial charge in [-0.15, -0.1) is 0 Å². The van der Waals surface area contributed by atoms with Crippen LogP contribution in [0.15, 0.2) is 18.2 Å². The van der Waals surface area contributed by atoms with E-state index in [0.29, 0.717) is 18.7 Å². The lowest BCUT2D eigenvalue weighted by molar-refractivity contribution is -0.385. The van der Waals surface area contributed by atoms with Crippen molar-refractivity contribution in [3.8, 4) is 0 Å². The molecule has 0 aliphatic heterocycles. The highest BCUT2D eigenvalue weighted by Gasteiger charge is 2.19. The Labute approximate surface area is 118 Å².